The monoisotopic (exact) mass is 340 g/mol. The number of hydrogen-bond acceptors (Lipinski definition) is 3. The van der Waals surface area contributed by atoms with Crippen molar-refractivity contribution in [2.75, 3.05) is 0 Å². The van der Waals surface area contributed by atoms with Crippen LogP contribution in [0.15, 0.2) is 67.3 Å². The van der Waals surface area contributed by atoms with Gasteiger partial charge in [-0.25, -0.2) is 9.67 Å². The fourth-order valence-corrected chi connectivity index (χ4v) is 2.62. The Labute approximate surface area is 145 Å². The molecule has 0 bridgehead atoms. The van der Waals surface area contributed by atoms with Gasteiger partial charge in [-0.15, -0.1) is 0 Å². The average molecular weight is 341 g/mol. The summed E-state index contributed by atoms with van der Waals surface area (Å²) in [4.78, 5) is 16.2. The van der Waals surface area contributed by atoms with E-state index >= 15 is 0 Å². The second-order valence-electron chi connectivity index (χ2n) is 5.45. The molecule has 3 rings (SSSR count). The molecule has 122 valence electrons. The van der Waals surface area contributed by atoms with E-state index in [1.165, 1.54) is 17.3 Å². The van der Waals surface area contributed by atoms with Gasteiger partial charge in [-0.05, 0) is 29.7 Å². The van der Waals surface area contributed by atoms with Crippen molar-refractivity contribution in [2.45, 2.75) is 19.0 Å². The molecule has 0 aliphatic carbocycles. The maximum Gasteiger partial charge on any atom is 0.242 e. The Balaban J connectivity index is 1.74. The number of halogens is 1. The third kappa shape index (κ3) is 4.43. The highest BCUT2D eigenvalue weighted by Crippen LogP contribution is 2.20. The average Bonchev–Trinajstić information content (AvgIpc) is 3.10. The van der Waals surface area contributed by atoms with Gasteiger partial charge < -0.3 is 5.32 Å². The van der Waals surface area contributed by atoms with E-state index in [9.17, 15) is 4.79 Å². The Bertz CT molecular complexity index is 773. The molecule has 1 N–H and O–H groups in total. The quantitative estimate of drug-likeness (QED) is 0.750. The normalized spacial score (nSPS) is 11.9. The Morgan fingerprint density at radius 2 is 1.88 bits per heavy atom. The number of amides is 1. The van der Waals surface area contributed by atoms with Gasteiger partial charge in [-0.2, -0.15) is 5.10 Å². The minimum absolute atomic E-state index is 0.108. The highest BCUT2D eigenvalue weighted by atomic mass is 35.5. The Morgan fingerprint density at radius 1 is 1.12 bits per heavy atom. The molecule has 1 heterocycles. The zero-order chi connectivity index (χ0) is 16.8. The van der Waals surface area contributed by atoms with Crippen molar-refractivity contribution >= 4 is 17.5 Å². The first kappa shape index (κ1) is 16.2. The zero-order valence-electron chi connectivity index (χ0n) is 13.0. The fraction of sp³-hybridized carbons (Fsp3) is 0.167. The molecule has 0 radical (unpaired) electrons. The largest absolute Gasteiger partial charge is 0.347 e. The van der Waals surface area contributed by atoms with Gasteiger partial charge >= 0.3 is 0 Å². The van der Waals surface area contributed by atoms with Crippen LogP contribution in [0, 0.1) is 0 Å². The second-order valence-corrected chi connectivity index (χ2v) is 5.89. The number of benzene rings is 2. The van der Waals surface area contributed by atoms with Crippen LogP contribution in [-0.2, 0) is 17.8 Å². The van der Waals surface area contributed by atoms with Crippen LogP contribution >= 0.6 is 11.6 Å². The predicted octanol–water partition coefficient (Wildman–Crippen LogP) is 3.03. The molecule has 1 atom stereocenters. The van der Waals surface area contributed by atoms with Crippen molar-refractivity contribution < 1.29 is 4.79 Å². The number of nitrogens with one attached hydrogen (secondary N) is 1. The molecular weight excluding hydrogens is 324 g/mol. The summed E-state index contributed by atoms with van der Waals surface area (Å²) in [5, 5.41) is 7.73. The van der Waals surface area contributed by atoms with Crippen LogP contribution in [0.25, 0.3) is 0 Å². The minimum atomic E-state index is -0.122. The molecule has 0 saturated heterocycles. The van der Waals surface area contributed by atoms with Crippen molar-refractivity contribution in [3.05, 3.63) is 83.4 Å². The highest BCUT2D eigenvalue weighted by Gasteiger charge is 2.15. The predicted molar refractivity (Wildman–Crippen MR) is 92.5 cm³/mol. The summed E-state index contributed by atoms with van der Waals surface area (Å²) in [6.45, 7) is 0.143. The van der Waals surface area contributed by atoms with E-state index < -0.39 is 0 Å². The highest BCUT2D eigenvalue weighted by molar-refractivity contribution is 6.30. The van der Waals surface area contributed by atoms with E-state index in [1.807, 2.05) is 54.6 Å². The Kier molecular flexibility index (Phi) is 5.23. The third-order valence-corrected chi connectivity index (χ3v) is 3.91. The third-order valence-electron chi connectivity index (χ3n) is 3.66. The maximum atomic E-state index is 12.3. The van der Waals surface area contributed by atoms with Crippen LogP contribution < -0.4 is 5.32 Å². The van der Waals surface area contributed by atoms with Gasteiger partial charge in [-0.3, -0.25) is 4.79 Å². The first-order valence-electron chi connectivity index (χ1n) is 7.62. The molecule has 6 heteroatoms. The van der Waals surface area contributed by atoms with Crippen LogP contribution in [0.5, 0.6) is 0 Å². The van der Waals surface area contributed by atoms with Gasteiger partial charge in [0.05, 0.1) is 6.04 Å². The lowest BCUT2D eigenvalue weighted by Gasteiger charge is -2.19. The van der Waals surface area contributed by atoms with Crippen LogP contribution in [0.2, 0.25) is 5.02 Å². The number of carbonyl (C=O) groups excluding carboxylic acids is 1. The summed E-state index contributed by atoms with van der Waals surface area (Å²) in [5.41, 5.74) is 2.16. The molecule has 0 saturated carbocycles. The lowest BCUT2D eigenvalue weighted by Crippen LogP contribution is -2.32. The van der Waals surface area contributed by atoms with Crippen molar-refractivity contribution in [2.24, 2.45) is 0 Å². The van der Waals surface area contributed by atoms with Crippen molar-refractivity contribution in [1.82, 2.24) is 20.1 Å². The molecule has 24 heavy (non-hydrogen) atoms. The molecule has 0 spiro atoms. The van der Waals surface area contributed by atoms with Gasteiger partial charge in [0.2, 0.25) is 5.91 Å². The van der Waals surface area contributed by atoms with E-state index in [0.717, 1.165) is 11.1 Å². The van der Waals surface area contributed by atoms with E-state index in [-0.39, 0.29) is 18.5 Å². The molecule has 3 aromatic rings. The van der Waals surface area contributed by atoms with Gasteiger partial charge in [0.15, 0.2) is 0 Å². The summed E-state index contributed by atoms with van der Waals surface area (Å²) in [6.07, 6.45) is 3.62. The summed E-state index contributed by atoms with van der Waals surface area (Å²) in [5.74, 6) is -0.108. The molecule has 0 fully saturated rings. The van der Waals surface area contributed by atoms with Crippen molar-refractivity contribution in [3.8, 4) is 0 Å². The van der Waals surface area contributed by atoms with Crippen LogP contribution in [0.4, 0.5) is 0 Å². The van der Waals surface area contributed by atoms with Gasteiger partial charge in [-0.1, -0.05) is 54.1 Å². The van der Waals surface area contributed by atoms with Crippen molar-refractivity contribution in [3.63, 3.8) is 0 Å². The fourth-order valence-electron chi connectivity index (χ4n) is 2.50. The first-order chi connectivity index (χ1) is 11.7. The molecule has 1 amide bonds. The number of aromatic nitrogens is 3. The summed E-state index contributed by atoms with van der Waals surface area (Å²) in [6, 6.07) is 17.5. The molecular formula is C18H17ClN4O. The number of nitrogens with zero attached hydrogens (tertiary/aromatic N) is 3. The topological polar surface area (TPSA) is 59.8 Å². The van der Waals surface area contributed by atoms with E-state index in [4.69, 9.17) is 11.6 Å². The molecule has 5 nitrogen and oxygen atoms in total. The number of carbonyl (C=O) groups is 1. The Hall–Kier alpha value is -2.66. The Morgan fingerprint density at radius 3 is 2.54 bits per heavy atom. The minimum Gasteiger partial charge on any atom is -0.347 e. The lowest BCUT2D eigenvalue weighted by molar-refractivity contribution is -0.122. The molecule has 1 unspecified atom stereocenters. The SMILES string of the molecule is O=C(Cn1cncn1)NC(Cc1ccc(Cl)cc1)c1ccccc1. The molecule has 2 aromatic carbocycles. The van der Waals surface area contributed by atoms with E-state index in [0.29, 0.717) is 11.4 Å². The smallest absolute Gasteiger partial charge is 0.242 e. The number of hydrogen-bond donors (Lipinski definition) is 1. The molecule has 1 aromatic heterocycles. The van der Waals surface area contributed by atoms with E-state index in [1.54, 1.807) is 0 Å². The van der Waals surface area contributed by atoms with Crippen LogP contribution in [0.3, 0.4) is 0 Å². The summed E-state index contributed by atoms with van der Waals surface area (Å²) in [7, 11) is 0. The van der Waals surface area contributed by atoms with Gasteiger partial charge in [0.1, 0.15) is 19.2 Å². The molecule has 0 aliphatic rings. The summed E-state index contributed by atoms with van der Waals surface area (Å²) < 4.78 is 1.50. The van der Waals surface area contributed by atoms with Gasteiger partial charge in [0, 0.05) is 5.02 Å². The van der Waals surface area contributed by atoms with Crippen LogP contribution in [0.1, 0.15) is 17.2 Å². The van der Waals surface area contributed by atoms with Crippen molar-refractivity contribution in [1.29, 1.82) is 0 Å². The molecule has 0 aliphatic heterocycles. The maximum absolute atomic E-state index is 12.3. The summed E-state index contributed by atoms with van der Waals surface area (Å²) >= 11 is 5.94. The van der Waals surface area contributed by atoms with Gasteiger partial charge in [0.25, 0.3) is 0 Å². The lowest BCUT2D eigenvalue weighted by atomic mass is 9.99. The zero-order valence-corrected chi connectivity index (χ0v) is 13.7. The van der Waals surface area contributed by atoms with E-state index in [2.05, 4.69) is 15.4 Å². The second kappa shape index (κ2) is 7.75. The number of rotatable bonds is 6. The first-order valence-corrected chi connectivity index (χ1v) is 7.99. The standard InChI is InChI=1S/C18H17ClN4O/c19-16-8-6-14(7-9-16)10-17(15-4-2-1-3-5-15)22-18(24)11-23-13-20-12-21-23/h1-9,12-13,17H,10-11H2,(H,22,24). The van der Waals surface area contributed by atoms with Crippen LogP contribution in [-0.4, -0.2) is 20.7 Å².